The Bertz CT molecular complexity index is 748. The summed E-state index contributed by atoms with van der Waals surface area (Å²) in [6.45, 7) is 0. The summed E-state index contributed by atoms with van der Waals surface area (Å²) in [6.07, 6.45) is 1.69. The van der Waals surface area contributed by atoms with Crippen LogP contribution in [0.5, 0.6) is 0 Å². The summed E-state index contributed by atoms with van der Waals surface area (Å²) in [5.74, 6) is 1.08. The van der Waals surface area contributed by atoms with Gasteiger partial charge in [0.05, 0.1) is 17.3 Å². The van der Waals surface area contributed by atoms with Crippen molar-refractivity contribution in [1.82, 2.24) is 14.5 Å². The minimum atomic E-state index is -0.275. The number of aromatic nitrogens is 3. The summed E-state index contributed by atoms with van der Waals surface area (Å²) < 4.78 is 15.7. The predicted octanol–water partition coefficient (Wildman–Crippen LogP) is 2.82. The van der Waals surface area contributed by atoms with Crippen LogP contribution in [-0.2, 0) is 7.05 Å². The zero-order chi connectivity index (χ0) is 13.4. The molecule has 1 aromatic carbocycles. The Morgan fingerprint density at radius 1 is 1.26 bits per heavy atom. The summed E-state index contributed by atoms with van der Waals surface area (Å²) in [7, 11) is 3.68. The predicted molar refractivity (Wildman–Crippen MR) is 73.4 cm³/mol. The van der Waals surface area contributed by atoms with Crippen LogP contribution in [0.2, 0.25) is 0 Å². The fourth-order valence-electron chi connectivity index (χ4n) is 2.12. The molecule has 1 N–H and O–H groups in total. The van der Waals surface area contributed by atoms with Crippen LogP contribution in [0.25, 0.3) is 22.4 Å². The molecule has 3 aromatic rings. The van der Waals surface area contributed by atoms with Gasteiger partial charge in [0.1, 0.15) is 23.0 Å². The molecule has 0 spiro atoms. The van der Waals surface area contributed by atoms with Crippen LogP contribution in [0.4, 0.5) is 10.2 Å². The zero-order valence-electron chi connectivity index (χ0n) is 10.7. The van der Waals surface area contributed by atoms with Crippen molar-refractivity contribution < 1.29 is 4.39 Å². The molecule has 0 saturated heterocycles. The number of halogens is 1. The van der Waals surface area contributed by atoms with Gasteiger partial charge in [-0.05, 0) is 12.1 Å². The quantitative estimate of drug-likeness (QED) is 0.766. The molecule has 0 unspecified atom stereocenters. The number of nitrogens with one attached hydrogen (secondary N) is 1. The standard InChI is InChI=1S/C14H13FN4/c1-16-13-7-12-11(8-17-13)18-14(19(12)2)9-5-3-4-6-10(9)15/h3-8H,1-2H3,(H,16,17). The van der Waals surface area contributed by atoms with Crippen molar-refractivity contribution in [2.45, 2.75) is 0 Å². The van der Waals surface area contributed by atoms with Gasteiger partial charge in [-0.15, -0.1) is 0 Å². The van der Waals surface area contributed by atoms with Gasteiger partial charge >= 0.3 is 0 Å². The van der Waals surface area contributed by atoms with E-state index in [1.54, 1.807) is 24.4 Å². The lowest BCUT2D eigenvalue weighted by Crippen LogP contribution is -1.95. The highest BCUT2D eigenvalue weighted by Crippen LogP contribution is 2.26. The van der Waals surface area contributed by atoms with E-state index in [0.29, 0.717) is 11.4 Å². The van der Waals surface area contributed by atoms with Crippen LogP contribution in [0.15, 0.2) is 36.5 Å². The number of aryl methyl sites for hydroxylation is 1. The number of anilines is 1. The highest BCUT2D eigenvalue weighted by Gasteiger charge is 2.13. The number of fused-ring (bicyclic) bond motifs is 1. The van der Waals surface area contributed by atoms with Gasteiger partial charge in [0.25, 0.3) is 0 Å². The molecule has 0 amide bonds. The molecule has 2 heterocycles. The summed E-state index contributed by atoms with van der Waals surface area (Å²) in [5, 5.41) is 2.98. The number of hydrogen-bond donors (Lipinski definition) is 1. The first-order valence-electron chi connectivity index (χ1n) is 5.96. The summed E-state index contributed by atoms with van der Waals surface area (Å²) in [5.41, 5.74) is 2.16. The average molecular weight is 256 g/mol. The van der Waals surface area contributed by atoms with Crippen molar-refractivity contribution in [3.05, 3.63) is 42.3 Å². The first-order chi connectivity index (χ1) is 9.20. The van der Waals surface area contributed by atoms with Crippen LogP contribution >= 0.6 is 0 Å². The Kier molecular flexibility index (Phi) is 2.67. The normalized spacial score (nSPS) is 10.9. The lowest BCUT2D eigenvalue weighted by molar-refractivity contribution is 0.629. The Morgan fingerprint density at radius 3 is 2.79 bits per heavy atom. The first kappa shape index (κ1) is 11.6. The second-order valence-corrected chi connectivity index (χ2v) is 4.28. The highest BCUT2D eigenvalue weighted by molar-refractivity contribution is 5.82. The van der Waals surface area contributed by atoms with Crippen LogP contribution in [0.1, 0.15) is 0 Å². The van der Waals surface area contributed by atoms with Crippen molar-refractivity contribution in [2.75, 3.05) is 12.4 Å². The minimum absolute atomic E-state index is 0.275. The lowest BCUT2D eigenvalue weighted by Gasteiger charge is -2.04. The van der Waals surface area contributed by atoms with Gasteiger partial charge in [-0.1, -0.05) is 12.1 Å². The van der Waals surface area contributed by atoms with Gasteiger partial charge in [-0.25, -0.2) is 14.4 Å². The van der Waals surface area contributed by atoms with E-state index in [1.807, 2.05) is 24.7 Å². The van der Waals surface area contributed by atoms with Crippen molar-refractivity contribution in [3.63, 3.8) is 0 Å². The van der Waals surface area contributed by atoms with E-state index in [4.69, 9.17) is 0 Å². The molecule has 3 rings (SSSR count). The van der Waals surface area contributed by atoms with Crippen molar-refractivity contribution >= 4 is 16.9 Å². The molecule has 96 valence electrons. The molecular weight excluding hydrogens is 243 g/mol. The number of imidazole rings is 1. The van der Waals surface area contributed by atoms with Crippen molar-refractivity contribution in [3.8, 4) is 11.4 Å². The van der Waals surface area contributed by atoms with E-state index < -0.39 is 0 Å². The maximum Gasteiger partial charge on any atom is 0.143 e. The summed E-state index contributed by atoms with van der Waals surface area (Å²) >= 11 is 0. The molecule has 2 aromatic heterocycles. The SMILES string of the molecule is CNc1cc2c(cn1)nc(-c1ccccc1F)n2C. The largest absolute Gasteiger partial charge is 0.373 e. The average Bonchev–Trinajstić information content (AvgIpc) is 2.76. The van der Waals surface area contributed by atoms with Gasteiger partial charge in [-0.2, -0.15) is 0 Å². The molecule has 0 aliphatic heterocycles. The molecule has 0 fully saturated rings. The van der Waals surface area contributed by atoms with Gasteiger partial charge in [0.15, 0.2) is 0 Å². The van der Waals surface area contributed by atoms with Gasteiger partial charge in [0.2, 0.25) is 0 Å². The second kappa shape index (κ2) is 4.35. The Hall–Kier alpha value is -2.43. The molecule has 5 heteroatoms. The number of benzene rings is 1. The Morgan fingerprint density at radius 2 is 2.05 bits per heavy atom. The van der Waals surface area contributed by atoms with E-state index in [1.165, 1.54) is 6.07 Å². The number of hydrogen-bond acceptors (Lipinski definition) is 3. The highest BCUT2D eigenvalue weighted by atomic mass is 19.1. The monoisotopic (exact) mass is 256 g/mol. The van der Waals surface area contributed by atoms with E-state index in [9.17, 15) is 4.39 Å². The molecular formula is C14H13FN4. The maximum absolute atomic E-state index is 13.8. The minimum Gasteiger partial charge on any atom is -0.373 e. The van der Waals surface area contributed by atoms with Gasteiger partial charge in [0, 0.05) is 20.2 Å². The molecule has 0 saturated carbocycles. The molecule has 4 nitrogen and oxygen atoms in total. The van der Waals surface area contributed by atoms with Crippen molar-refractivity contribution in [2.24, 2.45) is 7.05 Å². The van der Waals surface area contributed by atoms with E-state index in [-0.39, 0.29) is 5.82 Å². The van der Waals surface area contributed by atoms with Gasteiger partial charge in [-0.3, -0.25) is 0 Å². The van der Waals surface area contributed by atoms with Gasteiger partial charge < -0.3 is 9.88 Å². The van der Waals surface area contributed by atoms with Crippen molar-refractivity contribution in [1.29, 1.82) is 0 Å². The topological polar surface area (TPSA) is 42.7 Å². The summed E-state index contributed by atoms with van der Waals surface area (Å²) in [4.78, 5) is 8.67. The second-order valence-electron chi connectivity index (χ2n) is 4.28. The third-order valence-corrected chi connectivity index (χ3v) is 3.14. The Labute approximate surface area is 109 Å². The number of nitrogens with zero attached hydrogens (tertiary/aromatic N) is 3. The number of pyridine rings is 1. The maximum atomic E-state index is 13.8. The number of rotatable bonds is 2. The van der Waals surface area contributed by atoms with E-state index in [0.717, 1.165) is 16.9 Å². The zero-order valence-corrected chi connectivity index (χ0v) is 10.7. The smallest absolute Gasteiger partial charge is 0.143 e. The third kappa shape index (κ3) is 1.83. The van der Waals surface area contributed by atoms with Crippen LogP contribution in [-0.4, -0.2) is 21.6 Å². The Balaban J connectivity index is 2.26. The third-order valence-electron chi connectivity index (χ3n) is 3.14. The molecule has 0 aliphatic carbocycles. The fourth-order valence-corrected chi connectivity index (χ4v) is 2.12. The molecule has 0 radical (unpaired) electrons. The van der Waals surface area contributed by atoms with Crippen LogP contribution < -0.4 is 5.32 Å². The first-order valence-corrected chi connectivity index (χ1v) is 5.96. The molecule has 19 heavy (non-hydrogen) atoms. The molecule has 0 atom stereocenters. The molecule has 0 aliphatic rings. The summed E-state index contributed by atoms with van der Waals surface area (Å²) in [6, 6.07) is 8.53. The van der Waals surface area contributed by atoms with Crippen LogP contribution in [0.3, 0.4) is 0 Å². The van der Waals surface area contributed by atoms with E-state index in [2.05, 4.69) is 15.3 Å². The van der Waals surface area contributed by atoms with Crippen LogP contribution in [0, 0.1) is 5.82 Å². The lowest BCUT2D eigenvalue weighted by atomic mass is 10.2. The molecule has 0 bridgehead atoms. The van der Waals surface area contributed by atoms with E-state index >= 15 is 0 Å². The fraction of sp³-hybridized carbons (Fsp3) is 0.143.